The zero-order chi connectivity index (χ0) is 18.1. The number of rotatable bonds is 8. The fourth-order valence-electron chi connectivity index (χ4n) is 2.10. The molecule has 134 valence electrons. The van der Waals surface area contributed by atoms with Gasteiger partial charge in [-0.2, -0.15) is 0 Å². The van der Waals surface area contributed by atoms with Crippen molar-refractivity contribution in [2.75, 3.05) is 26.8 Å². The normalized spacial score (nSPS) is 10.2. The summed E-state index contributed by atoms with van der Waals surface area (Å²) >= 11 is 11.9. The van der Waals surface area contributed by atoms with Crippen LogP contribution >= 0.6 is 23.2 Å². The number of hydrogen-bond donors (Lipinski definition) is 2. The second kappa shape index (κ2) is 10.0. The fraction of sp³-hybridized carbons (Fsp3) is 0.278. The molecule has 0 saturated carbocycles. The maximum absolute atomic E-state index is 11.7. The lowest BCUT2D eigenvalue weighted by Crippen LogP contribution is -2.38. The molecule has 7 heteroatoms. The first-order valence-electron chi connectivity index (χ1n) is 7.81. The molecule has 0 heterocycles. The molecule has 0 aliphatic carbocycles. The van der Waals surface area contributed by atoms with Crippen LogP contribution in [-0.4, -0.2) is 32.8 Å². The molecule has 2 rings (SSSR count). The minimum absolute atomic E-state index is 0.241. The Bertz CT molecular complexity index is 693. The summed E-state index contributed by atoms with van der Waals surface area (Å²) in [5.74, 6) is 1.31. The van der Waals surface area contributed by atoms with Crippen LogP contribution in [0.1, 0.15) is 5.56 Å². The highest BCUT2D eigenvalue weighted by molar-refractivity contribution is 6.42. The van der Waals surface area contributed by atoms with Gasteiger partial charge < -0.3 is 20.1 Å². The molecule has 0 aliphatic rings. The van der Waals surface area contributed by atoms with Crippen molar-refractivity contribution in [1.82, 2.24) is 10.6 Å². The van der Waals surface area contributed by atoms with Crippen LogP contribution in [0.3, 0.4) is 0 Å². The molecule has 2 amide bonds. The van der Waals surface area contributed by atoms with Crippen LogP contribution in [0.25, 0.3) is 0 Å². The minimum atomic E-state index is -0.241. The number of halogens is 2. The molecule has 2 aromatic carbocycles. The van der Waals surface area contributed by atoms with Gasteiger partial charge in [0.25, 0.3) is 0 Å². The molecule has 0 spiro atoms. The Hall–Kier alpha value is -2.11. The van der Waals surface area contributed by atoms with E-state index in [1.54, 1.807) is 25.3 Å². The van der Waals surface area contributed by atoms with E-state index in [-0.39, 0.29) is 6.03 Å². The van der Waals surface area contributed by atoms with Crippen molar-refractivity contribution in [3.8, 4) is 11.5 Å². The van der Waals surface area contributed by atoms with Gasteiger partial charge in [0.1, 0.15) is 23.1 Å². The lowest BCUT2D eigenvalue weighted by Gasteiger charge is -2.10. The monoisotopic (exact) mass is 382 g/mol. The quantitative estimate of drug-likeness (QED) is 0.680. The summed E-state index contributed by atoms with van der Waals surface area (Å²) in [6.07, 6.45) is 0.742. The Morgan fingerprint density at radius 1 is 1.04 bits per heavy atom. The van der Waals surface area contributed by atoms with Crippen LogP contribution in [0.5, 0.6) is 11.5 Å². The second-order valence-electron chi connectivity index (χ2n) is 5.18. The maximum Gasteiger partial charge on any atom is 0.314 e. The maximum atomic E-state index is 11.7. The number of benzene rings is 2. The van der Waals surface area contributed by atoms with Crippen LogP contribution in [0, 0.1) is 0 Å². The SMILES string of the molecule is COc1ccc(CCNC(=O)NCCOc2cccc(Cl)c2Cl)cc1. The average Bonchev–Trinajstić information content (AvgIpc) is 2.62. The number of carbonyl (C=O) groups is 1. The zero-order valence-electron chi connectivity index (χ0n) is 13.9. The number of urea groups is 1. The predicted molar refractivity (Wildman–Crippen MR) is 100 cm³/mol. The van der Waals surface area contributed by atoms with E-state index in [0.29, 0.717) is 35.5 Å². The highest BCUT2D eigenvalue weighted by Gasteiger charge is 2.05. The second-order valence-corrected chi connectivity index (χ2v) is 5.97. The third-order valence-corrected chi connectivity index (χ3v) is 4.22. The van der Waals surface area contributed by atoms with Gasteiger partial charge in [0.2, 0.25) is 0 Å². The van der Waals surface area contributed by atoms with Crippen LogP contribution in [0.4, 0.5) is 4.79 Å². The lowest BCUT2D eigenvalue weighted by molar-refractivity contribution is 0.236. The zero-order valence-corrected chi connectivity index (χ0v) is 15.4. The number of ether oxygens (including phenoxy) is 2. The molecule has 2 N–H and O–H groups in total. The van der Waals surface area contributed by atoms with Crippen LogP contribution in [0.15, 0.2) is 42.5 Å². The Morgan fingerprint density at radius 2 is 1.76 bits per heavy atom. The molecule has 5 nitrogen and oxygen atoms in total. The van der Waals surface area contributed by atoms with Crippen molar-refractivity contribution in [1.29, 1.82) is 0 Å². The first kappa shape index (κ1) is 19.2. The average molecular weight is 383 g/mol. The molecule has 0 radical (unpaired) electrons. The molecule has 0 atom stereocenters. The van der Waals surface area contributed by atoms with Gasteiger partial charge in [-0.1, -0.05) is 41.4 Å². The lowest BCUT2D eigenvalue weighted by atomic mass is 10.1. The Labute approximate surface area is 157 Å². The first-order valence-corrected chi connectivity index (χ1v) is 8.57. The number of amides is 2. The molecule has 25 heavy (non-hydrogen) atoms. The summed E-state index contributed by atoms with van der Waals surface area (Å²) < 4.78 is 10.6. The minimum Gasteiger partial charge on any atom is -0.497 e. The summed E-state index contributed by atoms with van der Waals surface area (Å²) in [6, 6.07) is 12.7. The van der Waals surface area contributed by atoms with Gasteiger partial charge >= 0.3 is 6.03 Å². The van der Waals surface area contributed by atoms with Crippen molar-refractivity contribution < 1.29 is 14.3 Å². The molecule has 0 aromatic heterocycles. The summed E-state index contributed by atoms with van der Waals surface area (Å²) in [7, 11) is 1.63. The van der Waals surface area contributed by atoms with E-state index < -0.39 is 0 Å². The van der Waals surface area contributed by atoms with Crippen molar-refractivity contribution >= 4 is 29.2 Å². The fourth-order valence-corrected chi connectivity index (χ4v) is 2.44. The molecule has 0 fully saturated rings. The van der Waals surface area contributed by atoms with Crippen LogP contribution < -0.4 is 20.1 Å². The summed E-state index contributed by atoms with van der Waals surface area (Å²) in [6.45, 7) is 1.20. The summed E-state index contributed by atoms with van der Waals surface area (Å²) in [5, 5.41) is 6.32. The van der Waals surface area contributed by atoms with E-state index in [2.05, 4.69) is 10.6 Å². The molecule has 0 bridgehead atoms. The first-order chi connectivity index (χ1) is 12.1. The standard InChI is InChI=1S/C18H20Cl2N2O3/c1-24-14-7-5-13(6-8-14)9-10-21-18(23)22-11-12-25-16-4-2-3-15(19)17(16)20/h2-8H,9-12H2,1H3,(H2,21,22,23). The Balaban J connectivity index is 1.61. The van der Waals surface area contributed by atoms with Gasteiger partial charge in [-0.3, -0.25) is 0 Å². The van der Waals surface area contributed by atoms with Crippen LogP contribution in [0.2, 0.25) is 10.0 Å². The van der Waals surface area contributed by atoms with Gasteiger partial charge in [-0.05, 0) is 36.2 Å². The van der Waals surface area contributed by atoms with E-state index in [4.69, 9.17) is 32.7 Å². The van der Waals surface area contributed by atoms with Crippen molar-refractivity contribution in [2.45, 2.75) is 6.42 Å². The number of carbonyl (C=O) groups excluding carboxylic acids is 1. The third-order valence-electron chi connectivity index (χ3n) is 3.42. The molecule has 0 saturated heterocycles. The van der Waals surface area contributed by atoms with Crippen molar-refractivity contribution in [3.63, 3.8) is 0 Å². The number of methoxy groups -OCH3 is 1. The highest BCUT2D eigenvalue weighted by Crippen LogP contribution is 2.31. The van der Waals surface area contributed by atoms with E-state index in [1.807, 2.05) is 24.3 Å². The predicted octanol–water partition coefficient (Wildman–Crippen LogP) is 3.92. The van der Waals surface area contributed by atoms with Gasteiger partial charge in [0, 0.05) is 6.54 Å². The van der Waals surface area contributed by atoms with Gasteiger partial charge in [-0.15, -0.1) is 0 Å². The largest absolute Gasteiger partial charge is 0.497 e. The van der Waals surface area contributed by atoms with Crippen molar-refractivity contribution in [2.24, 2.45) is 0 Å². The highest BCUT2D eigenvalue weighted by atomic mass is 35.5. The molecule has 0 unspecified atom stereocenters. The summed E-state index contributed by atoms with van der Waals surface area (Å²) in [5.41, 5.74) is 1.13. The van der Waals surface area contributed by atoms with Gasteiger partial charge in [0.15, 0.2) is 0 Å². The van der Waals surface area contributed by atoms with E-state index in [1.165, 1.54) is 0 Å². The Kier molecular flexibility index (Phi) is 7.70. The Morgan fingerprint density at radius 3 is 2.48 bits per heavy atom. The smallest absolute Gasteiger partial charge is 0.314 e. The molecule has 0 aliphatic heterocycles. The third kappa shape index (κ3) is 6.36. The van der Waals surface area contributed by atoms with E-state index in [9.17, 15) is 4.79 Å². The number of nitrogens with one attached hydrogen (secondary N) is 2. The van der Waals surface area contributed by atoms with E-state index >= 15 is 0 Å². The molecular weight excluding hydrogens is 363 g/mol. The number of hydrogen-bond acceptors (Lipinski definition) is 3. The van der Waals surface area contributed by atoms with E-state index in [0.717, 1.165) is 17.7 Å². The van der Waals surface area contributed by atoms with Crippen LogP contribution in [-0.2, 0) is 6.42 Å². The topological polar surface area (TPSA) is 59.6 Å². The van der Waals surface area contributed by atoms with Gasteiger partial charge in [-0.25, -0.2) is 4.79 Å². The van der Waals surface area contributed by atoms with Crippen molar-refractivity contribution in [3.05, 3.63) is 58.1 Å². The molecular formula is C18H20Cl2N2O3. The summed E-state index contributed by atoms with van der Waals surface area (Å²) in [4.78, 5) is 11.7. The molecule has 2 aromatic rings. The van der Waals surface area contributed by atoms with Gasteiger partial charge in [0.05, 0.1) is 18.7 Å².